The number of hydrogen-bond donors (Lipinski definition) is 2. The lowest BCUT2D eigenvalue weighted by Gasteiger charge is -2.33. The molecule has 0 radical (unpaired) electrons. The fourth-order valence-corrected chi connectivity index (χ4v) is 3.16. The number of carbonyl (C=O) groups excluding carboxylic acids is 1. The van der Waals surface area contributed by atoms with E-state index >= 15 is 0 Å². The smallest absolute Gasteiger partial charge is 0.235 e. The molecule has 0 bridgehead atoms. The largest absolute Gasteiger partial charge is 0.351 e. The molecule has 1 aliphatic rings. The fourth-order valence-electron chi connectivity index (χ4n) is 2.64. The number of sulfonamides is 1. The van der Waals surface area contributed by atoms with Crippen LogP contribution in [0.3, 0.4) is 0 Å². The van der Waals surface area contributed by atoms with Gasteiger partial charge in [0.05, 0.1) is 12.8 Å². The Balaban J connectivity index is 1.81. The van der Waals surface area contributed by atoms with Crippen molar-refractivity contribution in [2.75, 3.05) is 25.9 Å². The number of nitrogens with one attached hydrogen (secondary N) is 2. The number of benzene rings is 1. The summed E-state index contributed by atoms with van der Waals surface area (Å²) < 4.78 is 24.2. The van der Waals surface area contributed by atoms with Crippen molar-refractivity contribution < 1.29 is 13.2 Å². The van der Waals surface area contributed by atoms with Gasteiger partial charge in [0.2, 0.25) is 15.9 Å². The molecular weight excluding hydrogens is 338 g/mol. The van der Waals surface area contributed by atoms with Gasteiger partial charge in [-0.25, -0.2) is 13.1 Å². The van der Waals surface area contributed by atoms with Gasteiger partial charge in [-0.3, -0.25) is 9.69 Å². The Morgan fingerprint density at radius 3 is 2.70 bits per heavy atom. The molecular formula is C15H22ClN3O3S. The predicted octanol–water partition coefficient (Wildman–Crippen LogP) is 0.970. The number of rotatable bonds is 6. The highest BCUT2D eigenvalue weighted by Crippen LogP contribution is 2.15. The van der Waals surface area contributed by atoms with E-state index in [1.807, 2.05) is 24.3 Å². The molecule has 0 aromatic heterocycles. The third-order valence-electron chi connectivity index (χ3n) is 3.68. The number of halogens is 1. The zero-order chi connectivity index (χ0) is 16.9. The highest BCUT2D eigenvalue weighted by molar-refractivity contribution is 7.88. The van der Waals surface area contributed by atoms with Gasteiger partial charge in [0.25, 0.3) is 0 Å². The molecule has 1 saturated heterocycles. The fraction of sp³-hybridized carbons (Fsp3) is 0.533. The van der Waals surface area contributed by atoms with Crippen molar-refractivity contribution in [1.29, 1.82) is 0 Å². The van der Waals surface area contributed by atoms with Crippen LogP contribution < -0.4 is 10.0 Å². The third kappa shape index (κ3) is 6.87. The minimum absolute atomic E-state index is 0.0462. The molecule has 1 heterocycles. The number of carbonyl (C=O) groups is 1. The third-order valence-corrected chi connectivity index (χ3v) is 4.61. The van der Waals surface area contributed by atoms with Gasteiger partial charge in [-0.2, -0.15) is 0 Å². The van der Waals surface area contributed by atoms with Crippen LogP contribution in [0.1, 0.15) is 18.4 Å². The van der Waals surface area contributed by atoms with E-state index in [-0.39, 0.29) is 18.5 Å². The first-order valence-corrected chi connectivity index (χ1v) is 9.79. The molecule has 8 heteroatoms. The summed E-state index contributed by atoms with van der Waals surface area (Å²) in [4.78, 5) is 14.1. The van der Waals surface area contributed by atoms with Crippen molar-refractivity contribution in [3.63, 3.8) is 0 Å². The molecule has 0 unspecified atom stereocenters. The van der Waals surface area contributed by atoms with Gasteiger partial charge in [-0.05, 0) is 37.1 Å². The normalized spacial score (nSPS) is 19.5. The molecule has 6 nitrogen and oxygen atoms in total. The van der Waals surface area contributed by atoms with Gasteiger partial charge in [0.15, 0.2) is 0 Å². The van der Waals surface area contributed by atoms with Crippen LogP contribution in [0.5, 0.6) is 0 Å². The molecule has 1 fully saturated rings. The van der Waals surface area contributed by atoms with E-state index in [1.54, 1.807) is 0 Å². The van der Waals surface area contributed by atoms with Crippen LogP contribution in [0.2, 0.25) is 5.02 Å². The maximum atomic E-state index is 11.8. The first-order valence-electron chi connectivity index (χ1n) is 7.52. The second-order valence-electron chi connectivity index (χ2n) is 5.86. The molecule has 1 amide bonds. The lowest BCUT2D eigenvalue weighted by molar-refractivity contribution is -0.121. The monoisotopic (exact) mass is 359 g/mol. The van der Waals surface area contributed by atoms with Gasteiger partial charge >= 0.3 is 0 Å². The highest BCUT2D eigenvalue weighted by Gasteiger charge is 2.21. The number of nitrogens with zero attached hydrogens (tertiary/aromatic N) is 1. The van der Waals surface area contributed by atoms with E-state index in [4.69, 9.17) is 11.6 Å². The van der Waals surface area contributed by atoms with E-state index in [0.29, 0.717) is 0 Å². The molecule has 0 aliphatic carbocycles. The predicted molar refractivity (Wildman–Crippen MR) is 90.7 cm³/mol. The van der Waals surface area contributed by atoms with Gasteiger partial charge < -0.3 is 5.32 Å². The number of likely N-dealkylation sites (tertiary alicyclic amines) is 1. The lowest BCUT2D eigenvalue weighted by Crippen LogP contribution is -2.49. The van der Waals surface area contributed by atoms with E-state index in [9.17, 15) is 13.2 Å². The summed E-state index contributed by atoms with van der Waals surface area (Å²) in [6.45, 7) is 2.33. The first-order chi connectivity index (χ1) is 10.8. The molecule has 0 spiro atoms. The summed E-state index contributed by atoms with van der Waals surface area (Å²) in [5.74, 6) is -0.297. The van der Waals surface area contributed by atoms with E-state index in [0.717, 1.165) is 43.8 Å². The van der Waals surface area contributed by atoms with Gasteiger partial charge in [0, 0.05) is 24.2 Å². The quantitative estimate of drug-likeness (QED) is 0.793. The van der Waals surface area contributed by atoms with Crippen molar-refractivity contribution in [3.05, 3.63) is 34.9 Å². The van der Waals surface area contributed by atoms with Crippen LogP contribution in [-0.4, -0.2) is 51.2 Å². The maximum Gasteiger partial charge on any atom is 0.235 e. The van der Waals surface area contributed by atoms with E-state index in [1.165, 1.54) is 5.56 Å². The second-order valence-corrected chi connectivity index (χ2v) is 8.13. The molecule has 23 heavy (non-hydrogen) atoms. The first kappa shape index (κ1) is 18.2. The number of piperidine rings is 1. The average molecular weight is 360 g/mol. The molecule has 2 rings (SSSR count). The SMILES string of the molecule is CS(=O)(=O)NCC(=O)N[C@@H]1CCCN(Cc2ccc(Cl)cc2)C1. The van der Waals surface area contributed by atoms with Crippen LogP contribution in [0.15, 0.2) is 24.3 Å². The van der Waals surface area contributed by atoms with Gasteiger partial charge in [0.1, 0.15) is 0 Å². The Kier molecular flexibility index (Phi) is 6.41. The van der Waals surface area contributed by atoms with Crippen molar-refractivity contribution in [1.82, 2.24) is 14.9 Å². The molecule has 1 aromatic rings. The average Bonchev–Trinajstić information content (AvgIpc) is 2.47. The van der Waals surface area contributed by atoms with Crippen molar-refractivity contribution in [2.45, 2.75) is 25.4 Å². The minimum atomic E-state index is -3.35. The van der Waals surface area contributed by atoms with Gasteiger partial charge in [-0.15, -0.1) is 0 Å². The molecule has 128 valence electrons. The molecule has 1 atom stereocenters. The Labute approximate surface area is 142 Å². The molecule has 1 aliphatic heterocycles. The summed E-state index contributed by atoms with van der Waals surface area (Å²) in [7, 11) is -3.35. The van der Waals surface area contributed by atoms with Crippen molar-refractivity contribution in [3.8, 4) is 0 Å². The maximum absolute atomic E-state index is 11.8. The summed E-state index contributed by atoms with van der Waals surface area (Å²) in [5.41, 5.74) is 1.18. The lowest BCUT2D eigenvalue weighted by atomic mass is 10.0. The van der Waals surface area contributed by atoms with Crippen molar-refractivity contribution >= 4 is 27.5 Å². The molecule has 0 saturated carbocycles. The second kappa shape index (κ2) is 8.10. The summed E-state index contributed by atoms with van der Waals surface area (Å²) in [6, 6.07) is 7.79. The van der Waals surface area contributed by atoms with Crippen LogP contribution in [0, 0.1) is 0 Å². The topological polar surface area (TPSA) is 78.5 Å². The van der Waals surface area contributed by atoms with Crippen LogP contribution in [-0.2, 0) is 21.4 Å². The highest BCUT2D eigenvalue weighted by atomic mass is 35.5. The van der Waals surface area contributed by atoms with E-state index < -0.39 is 10.0 Å². The van der Waals surface area contributed by atoms with Crippen molar-refractivity contribution in [2.24, 2.45) is 0 Å². The van der Waals surface area contributed by atoms with E-state index in [2.05, 4.69) is 14.9 Å². The number of hydrogen-bond acceptors (Lipinski definition) is 4. The summed E-state index contributed by atoms with van der Waals surface area (Å²) >= 11 is 5.89. The Bertz CT molecular complexity index is 634. The Morgan fingerprint density at radius 2 is 2.04 bits per heavy atom. The van der Waals surface area contributed by atoms with Gasteiger partial charge in [-0.1, -0.05) is 23.7 Å². The molecule has 2 N–H and O–H groups in total. The Morgan fingerprint density at radius 1 is 1.35 bits per heavy atom. The number of amides is 1. The summed E-state index contributed by atoms with van der Waals surface area (Å²) in [6.07, 6.45) is 2.94. The zero-order valence-corrected chi connectivity index (χ0v) is 14.7. The minimum Gasteiger partial charge on any atom is -0.351 e. The zero-order valence-electron chi connectivity index (χ0n) is 13.1. The van der Waals surface area contributed by atoms with Crippen LogP contribution >= 0.6 is 11.6 Å². The summed E-state index contributed by atoms with van der Waals surface area (Å²) in [5, 5.41) is 3.61. The van der Waals surface area contributed by atoms with Crippen LogP contribution in [0.25, 0.3) is 0 Å². The molecule has 1 aromatic carbocycles. The standard InChI is InChI=1S/C15H22ClN3O3S/c1-23(21,22)17-9-15(20)18-14-3-2-8-19(11-14)10-12-4-6-13(16)7-5-12/h4-7,14,17H,2-3,8-11H2,1H3,(H,18,20)/t14-/m1/s1. The van der Waals surface area contributed by atoms with Crippen LogP contribution in [0.4, 0.5) is 0 Å². The Hall–Kier alpha value is -1.15.